The Balaban J connectivity index is 2.32. The van der Waals surface area contributed by atoms with Crippen molar-refractivity contribution in [3.8, 4) is 0 Å². The zero-order valence-corrected chi connectivity index (χ0v) is 9.23. The number of hydrogen-bond acceptors (Lipinski definition) is 3. The number of hydrogen-bond donors (Lipinski definition) is 0. The van der Waals surface area contributed by atoms with E-state index in [9.17, 15) is 0 Å². The lowest BCUT2D eigenvalue weighted by Gasteiger charge is -1.91. The molecule has 1 aromatic carbocycles. The molecule has 3 heteroatoms. The predicted molar refractivity (Wildman–Crippen MR) is 59.9 cm³/mol. The van der Waals surface area contributed by atoms with Crippen molar-refractivity contribution in [3.63, 3.8) is 0 Å². The Morgan fingerprint density at radius 1 is 1.43 bits per heavy atom. The molecule has 0 atom stereocenters. The minimum Gasteiger partial charge on any atom is -0.384 e. The third-order valence-corrected chi connectivity index (χ3v) is 3.19. The van der Waals surface area contributed by atoms with Crippen LogP contribution in [0.1, 0.15) is 10.6 Å². The highest BCUT2D eigenvalue weighted by Crippen LogP contribution is 2.23. The summed E-state index contributed by atoms with van der Waals surface area (Å²) >= 11 is 1.76. The van der Waals surface area contributed by atoms with Gasteiger partial charge in [0, 0.05) is 13.5 Å². The molecule has 0 unspecified atom stereocenters. The Morgan fingerprint density at radius 2 is 2.29 bits per heavy atom. The van der Waals surface area contributed by atoms with Gasteiger partial charge >= 0.3 is 0 Å². The van der Waals surface area contributed by atoms with Crippen LogP contribution in [-0.4, -0.2) is 18.7 Å². The van der Waals surface area contributed by atoms with E-state index in [2.05, 4.69) is 30.1 Å². The van der Waals surface area contributed by atoms with Crippen LogP contribution >= 0.6 is 11.3 Å². The molecule has 0 N–H and O–H groups in total. The van der Waals surface area contributed by atoms with E-state index >= 15 is 0 Å². The molecule has 0 aliphatic heterocycles. The molecule has 1 heterocycles. The fraction of sp³-hybridized carbons (Fsp3) is 0.364. The van der Waals surface area contributed by atoms with Crippen molar-refractivity contribution in [3.05, 3.63) is 28.8 Å². The highest BCUT2D eigenvalue weighted by molar-refractivity contribution is 7.18. The minimum absolute atomic E-state index is 0.749. The maximum Gasteiger partial charge on any atom is 0.0961 e. The number of ether oxygens (including phenoxy) is 1. The number of thiazole rings is 1. The van der Waals surface area contributed by atoms with Crippen molar-refractivity contribution in [1.82, 2.24) is 4.98 Å². The van der Waals surface area contributed by atoms with Crippen LogP contribution in [0.4, 0.5) is 0 Å². The van der Waals surface area contributed by atoms with Crippen LogP contribution in [0.25, 0.3) is 10.2 Å². The molecule has 2 rings (SSSR count). The first-order valence-electron chi connectivity index (χ1n) is 4.64. The highest BCUT2D eigenvalue weighted by atomic mass is 32.1. The Labute approximate surface area is 87.5 Å². The fourth-order valence-corrected chi connectivity index (χ4v) is 2.42. The quantitative estimate of drug-likeness (QED) is 0.772. The maximum atomic E-state index is 5.03. The molecule has 2 aromatic rings. The molecular weight excluding hydrogens is 194 g/mol. The van der Waals surface area contributed by atoms with Gasteiger partial charge in [0.1, 0.15) is 0 Å². The number of rotatable bonds is 3. The highest BCUT2D eigenvalue weighted by Gasteiger charge is 2.02. The van der Waals surface area contributed by atoms with Crippen molar-refractivity contribution in [2.24, 2.45) is 0 Å². The lowest BCUT2D eigenvalue weighted by atomic mass is 10.2. The number of methoxy groups -OCH3 is 1. The van der Waals surface area contributed by atoms with Crippen LogP contribution in [0.15, 0.2) is 18.2 Å². The molecule has 14 heavy (non-hydrogen) atoms. The Bertz CT molecular complexity index is 436. The van der Waals surface area contributed by atoms with Gasteiger partial charge in [-0.05, 0) is 24.6 Å². The summed E-state index contributed by atoms with van der Waals surface area (Å²) in [6.07, 6.45) is 0.912. The van der Waals surface area contributed by atoms with Gasteiger partial charge in [-0.2, -0.15) is 0 Å². The molecule has 0 aliphatic rings. The second-order valence-electron chi connectivity index (χ2n) is 3.32. The molecule has 0 spiro atoms. The first-order valence-corrected chi connectivity index (χ1v) is 5.46. The molecule has 0 amide bonds. The number of nitrogens with zero attached hydrogens (tertiary/aromatic N) is 1. The van der Waals surface area contributed by atoms with Gasteiger partial charge in [0.05, 0.1) is 21.8 Å². The second kappa shape index (κ2) is 4.07. The Kier molecular flexibility index (Phi) is 2.79. The third-order valence-electron chi connectivity index (χ3n) is 2.11. The van der Waals surface area contributed by atoms with Crippen LogP contribution in [0.2, 0.25) is 0 Å². The third kappa shape index (κ3) is 1.94. The summed E-state index contributed by atoms with van der Waals surface area (Å²) in [6, 6.07) is 6.36. The molecule has 0 radical (unpaired) electrons. The molecule has 74 valence electrons. The monoisotopic (exact) mass is 207 g/mol. The van der Waals surface area contributed by atoms with Gasteiger partial charge in [0.2, 0.25) is 0 Å². The van der Waals surface area contributed by atoms with Crippen LogP contribution in [0.3, 0.4) is 0 Å². The van der Waals surface area contributed by atoms with E-state index < -0.39 is 0 Å². The summed E-state index contributed by atoms with van der Waals surface area (Å²) in [4.78, 5) is 4.53. The molecule has 0 saturated heterocycles. The fourth-order valence-electron chi connectivity index (χ4n) is 1.38. The van der Waals surface area contributed by atoms with Crippen LogP contribution < -0.4 is 0 Å². The molecular formula is C11H13NOS. The van der Waals surface area contributed by atoms with E-state index in [4.69, 9.17) is 4.74 Å². The van der Waals surface area contributed by atoms with E-state index in [1.54, 1.807) is 18.4 Å². The molecule has 0 aliphatic carbocycles. The summed E-state index contributed by atoms with van der Waals surface area (Å²) in [5.41, 5.74) is 2.39. The average molecular weight is 207 g/mol. The molecule has 0 saturated carbocycles. The standard InChI is InChI=1S/C11H13NOS/c1-8-3-4-9-10(7-8)14-11(12-9)5-6-13-2/h3-4,7H,5-6H2,1-2H3. The smallest absolute Gasteiger partial charge is 0.0961 e. The lowest BCUT2D eigenvalue weighted by Crippen LogP contribution is -1.92. The van der Waals surface area contributed by atoms with Crippen LogP contribution in [-0.2, 0) is 11.2 Å². The summed E-state index contributed by atoms with van der Waals surface area (Å²) in [5, 5.41) is 1.16. The minimum atomic E-state index is 0.749. The van der Waals surface area contributed by atoms with E-state index in [0.717, 1.165) is 23.6 Å². The average Bonchev–Trinajstić information content (AvgIpc) is 2.56. The summed E-state index contributed by atoms with van der Waals surface area (Å²) < 4.78 is 6.31. The SMILES string of the molecule is COCCc1nc2ccc(C)cc2s1. The zero-order chi connectivity index (χ0) is 9.97. The number of aryl methyl sites for hydroxylation is 1. The number of fused-ring (bicyclic) bond motifs is 1. The summed E-state index contributed by atoms with van der Waals surface area (Å²) in [5.74, 6) is 0. The van der Waals surface area contributed by atoms with Gasteiger partial charge in [-0.1, -0.05) is 6.07 Å². The lowest BCUT2D eigenvalue weighted by molar-refractivity contribution is 0.202. The number of aromatic nitrogens is 1. The van der Waals surface area contributed by atoms with E-state index in [-0.39, 0.29) is 0 Å². The van der Waals surface area contributed by atoms with Gasteiger partial charge in [-0.15, -0.1) is 11.3 Å². The van der Waals surface area contributed by atoms with E-state index in [1.165, 1.54) is 10.3 Å². The van der Waals surface area contributed by atoms with Gasteiger partial charge in [-0.3, -0.25) is 0 Å². The van der Waals surface area contributed by atoms with Crippen LogP contribution in [0.5, 0.6) is 0 Å². The van der Waals surface area contributed by atoms with Crippen LogP contribution in [0, 0.1) is 6.92 Å². The van der Waals surface area contributed by atoms with Gasteiger partial charge in [0.15, 0.2) is 0 Å². The van der Waals surface area contributed by atoms with Gasteiger partial charge in [-0.25, -0.2) is 4.98 Å². The predicted octanol–water partition coefficient (Wildman–Crippen LogP) is 2.79. The normalized spacial score (nSPS) is 11.0. The number of benzene rings is 1. The summed E-state index contributed by atoms with van der Waals surface area (Å²) in [6.45, 7) is 2.85. The van der Waals surface area contributed by atoms with Gasteiger partial charge < -0.3 is 4.74 Å². The second-order valence-corrected chi connectivity index (χ2v) is 4.44. The van der Waals surface area contributed by atoms with E-state index in [0.29, 0.717) is 0 Å². The molecule has 2 nitrogen and oxygen atoms in total. The first kappa shape index (κ1) is 9.62. The first-order chi connectivity index (χ1) is 6.79. The maximum absolute atomic E-state index is 5.03. The van der Waals surface area contributed by atoms with Crippen molar-refractivity contribution >= 4 is 21.6 Å². The van der Waals surface area contributed by atoms with Crippen molar-refractivity contribution < 1.29 is 4.74 Å². The van der Waals surface area contributed by atoms with Crippen molar-refractivity contribution in [2.45, 2.75) is 13.3 Å². The molecule has 0 fully saturated rings. The Hall–Kier alpha value is -0.930. The molecule has 1 aromatic heterocycles. The van der Waals surface area contributed by atoms with E-state index in [1.807, 2.05) is 0 Å². The van der Waals surface area contributed by atoms with Crippen molar-refractivity contribution in [1.29, 1.82) is 0 Å². The zero-order valence-electron chi connectivity index (χ0n) is 8.41. The Morgan fingerprint density at radius 3 is 3.07 bits per heavy atom. The topological polar surface area (TPSA) is 22.1 Å². The van der Waals surface area contributed by atoms with Gasteiger partial charge in [0.25, 0.3) is 0 Å². The molecule has 0 bridgehead atoms. The largest absolute Gasteiger partial charge is 0.384 e. The van der Waals surface area contributed by atoms with Crippen molar-refractivity contribution in [2.75, 3.05) is 13.7 Å². The summed E-state index contributed by atoms with van der Waals surface area (Å²) in [7, 11) is 1.72.